The minimum atomic E-state index is -0.537. The van der Waals surface area contributed by atoms with E-state index in [4.69, 9.17) is 11.6 Å². The minimum absolute atomic E-state index is 0.0514. The fourth-order valence-corrected chi connectivity index (χ4v) is 1.87. The summed E-state index contributed by atoms with van der Waals surface area (Å²) >= 11 is 5.67. The van der Waals surface area contributed by atoms with E-state index in [-0.39, 0.29) is 10.9 Å². The van der Waals surface area contributed by atoms with Crippen LogP contribution in [0.5, 0.6) is 0 Å². The van der Waals surface area contributed by atoms with Crippen molar-refractivity contribution in [1.29, 1.82) is 0 Å². The molecule has 0 aliphatic carbocycles. The first-order chi connectivity index (χ1) is 10.6. The Hall–Kier alpha value is -2.21. The Morgan fingerprint density at radius 1 is 1.32 bits per heavy atom. The first-order valence-corrected chi connectivity index (χ1v) is 7.30. The van der Waals surface area contributed by atoms with Gasteiger partial charge in [0.15, 0.2) is 0 Å². The van der Waals surface area contributed by atoms with Crippen molar-refractivity contribution in [3.8, 4) is 0 Å². The molecule has 0 radical (unpaired) electrons. The van der Waals surface area contributed by atoms with E-state index in [1.165, 1.54) is 30.6 Å². The number of unbranched alkanes of at least 4 members (excludes halogenated alkanes) is 1. The molecule has 5 nitrogen and oxygen atoms in total. The predicted octanol–water partition coefficient (Wildman–Crippen LogP) is 3.73. The van der Waals surface area contributed by atoms with Crippen LogP contribution < -0.4 is 10.6 Å². The molecule has 1 amide bonds. The summed E-state index contributed by atoms with van der Waals surface area (Å²) in [5.74, 6) is -0.442. The maximum Gasteiger partial charge on any atom is 0.258 e. The highest BCUT2D eigenvalue weighted by atomic mass is 35.5. The molecule has 2 N–H and O–H groups in total. The molecule has 116 valence electrons. The predicted molar refractivity (Wildman–Crippen MR) is 84.8 cm³/mol. The van der Waals surface area contributed by atoms with Crippen LogP contribution in [0.15, 0.2) is 30.6 Å². The number of aromatic nitrogens is 2. The second kappa shape index (κ2) is 7.70. The Kier molecular flexibility index (Phi) is 5.66. The molecule has 0 aliphatic heterocycles. The van der Waals surface area contributed by atoms with Gasteiger partial charge in [-0.1, -0.05) is 24.9 Å². The highest BCUT2D eigenvalue weighted by Crippen LogP contribution is 2.19. The standard InChI is InChI=1S/C15H16ClFN4O/c1-2-3-6-18-15-19-8-10(9-20-15)14(22)21-11-4-5-13(17)12(16)7-11/h4-5,7-9H,2-3,6H2,1H3,(H,21,22)(H,18,19,20). The van der Waals surface area contributed by atoms with Crippen molar-refractivity contribution in [1.82, 2.24) is 9.97 Å². The van der Waals surface area contributed by atoms with Crippen LogP contribution >= 0.6 is 11.6 Å². The highest BCUT2D eigenvalue weighted by molar-refractivity contribution is 6.31. The first-order valence-electron chi connectivity index (χ1n) is 6.92. The monoisotopic (exact) mass is 322 g/mol. The van der Waals surface area contributed by atoms with Crippen LogP contribution in [0.3, 0.4) is 0 Å². The molecule has 2 rings (SSSR count). The molecule has 2 aromatic rings. The molecule has 22 heavy (non-hydrogen) atoms. The zero-order valence-electron chi connectivity index (χ0n) is 12.1. The molecule has 0 atom stereocenters. The highest BCUT2D eigenvalue weighted by Gasteiger charge is 2.09. The van der Waals surface area contributed by atoms with Crippen molar-refractivity contribution in [3.63, 3.8) is 0 Å². The van der Waals surface area contributed by atoms with Gasteiger partial charge in [-0.15, -0.1) is 0 Å². The Morgan fingerprint density at radius 3 is 2.68 bits per heavy atom. The van der Waals surface area contributed by atoms with E-state index in [2.05, 4.69) is 27.5 Å². The van der Waals surface area contributed by atoms with Crippen LogP contribution in [0.2, 0.25) is 5.02 Å². The van der Waals surface area contributed by atoms with Gasteiger partial charge in [-0.3, -0.25) is 4.79 Å². The van der Waals surface area contributed by atoms with Crippen molar-refractivity contribution in [2.45, 2.75) is 19.8 Å². The lowest BCUT2D eigenvalue weighted by atomic mass is 10.2. The molecule has 0 spiro atoms. The number of carbonyl (C=O) groups excluding carboxylic acids is 1. The molecule has 0 bridgehead atoms. The minimum Gasteiger partial charge on any atom is -0.354 e. The van der Waals surface area contributed by atoms with Crippen LogP contribution in [0.4, 0.5) is 16.0 Å². The van der Waals surface area contributed by atoms with E-state index in [0.717, 1.165) is 19.4 Å². The van der Waals surface area contributed by atoms with Gasteiger partial charge in [0.25, 0.3) is 5.91 Å². The maximum absolute atomic E-state index is 13.1. The number of benzene rings is 1. The third-order valence-electron chi connectivity index (χ3n) is 2.90. The van der Waals surface area contributed by atoms with Gasteiger partial charge in [0, 0.05) is 24.6 Å². The third-order valence-corrected chi connectivity index (χ3v) is 3.19. The number of rotatable bonds is 6. The summed E-state index contributed by atoms with van der Waals surface area (Å²) in [5, 5.41) is 5.62. The summed E-state index contributed by atoms with van der Waals surface area (Å²) in [7, 11) is 0. The van der Waals surface area contributed by atoms with Gasteiger partial charge in [0.05, 0.1) is 10.6 Å². The van der Waals surface area contributed by atoms with Gasteiger partial charge in [-0.05, 0) is 24.6 Å². The van der Waals surface area contributed by atoms with Crippen LogP contribution in [0, 0.1) is 5.82 Å². The van der Waals surface area contributed by atoms with Crippen LogP contribution in [-0.4, -0.2) is 22.4 Å². The summed E-state index contributed by atoms with van der Waals surface area (Å²) in [6.07, 6.45) is 4.97. The number of amides is 1. The lowest BCUT2D eigenvalue weighted by Gasteiger charge is -2.07. The van der Waals surface area contributed by atoms with E-state index in [9.17, 15) is 9.18 Å². The number of hydrogen-bond acceptors (Lipinski definition) is 4. The summed E-state index contributed by atoms with van der Waals surface area (Å²) in [6.45, 7) is 2.88. The quantitative estimate of drug-likeness (QED) is 0.795. The molecule has 1 aromatic carbocycles. The van der Waals surface area contributed by atoms with Crippen LogP contribution in [0.1, 0.15) is 30.1 Å². The molecule has 0 saturated heterocycles. The Bertz CT molecular complexity index is 648. The van der Waals surface area contributed by atoms with Crippen molar-refractivity contribution in [3.05, 3.63) is 47.0 Å². The third kappa shape index (κ3) is 4.39. The van der Waals surface area contributed by atoms with E-state index in [0.29, 0.717) is 17.2 Å². The van der Waals surface area contributed by atoms with E-state index >= 15 is 0 Å². The second-order valence-corrected chi connectivity index (χ2v) is 5.07. The number of hydrogen-bond donors (Lipinski definition) is 2. The van der Waals surface area contributed by atoms with Gasteiger partial charge in [0.2, 0.25) is 5.95 Å². The number of nitrogens with zero attached hydrogens (tertiary/aromatic N) is 2. The molecular formula is C15H16ClFN4O. The zero-order valence-corrected chi connectivity index (χ0v) is 12.8. The smallest absolute Gasteiger partial charge is 0.258 e. The SMILES string of the molecule is CCCCNc1ncc(C(=O)Nc2ccc(F)c(Cl)c2)cn1. The van der Waals surface area contributed by atoms with Crippen molar-refractivity contribution < 1.29 is 9.18 Å². The number of nitrogens with one attached hydrogen (secondary N) is 2. The Labute approximate surface area is 132 Å². The van der Waals surface area contributed by atoms with Gasteiger partial charge in [-0.25, -0.2) is 14.4 Å². The van der Waals surface area contributed by atoms with Crippen LogP contribution in [-0.2, 0) is 0 Å². The molecular weight excluding hydrogens is 307 g/mol. The number of anilines is 2. The van der Waals surface area contributed by atoms with Gasteiger partial charge >= 0.3 is 0 Å². The van der Waals surface area contributed by atoms with Crippen LogP contribution in [0.25, 0.3) is 0 Å². The van der Waals surface area contributed by atoms with Gasteiger partial charge in [-0.2, -0.15) is 0 Å². The molecule has 0 fully saturated rings. The van der Waals surface area contributed by atoms with Crippen molar-refractivity contribution >= 4 is 29.1 Å². The molecule has 0 unspecified atom stereocenters. The molecule has 1 heterocycles. The summed E-state index contributed by atoms with van der Waals surface area (Å²) < 4.78 is 13.1. The average molecular weight is 323 g/mol. The topological polar surface area (TPSA) is 66.9 Å². The lowest BCUT2D eigenvalue weighted by Crippen LogP contribution is -2.13. The maximum atomic E-state index is 13.1. The Balaban J connectivity index is 1.98. The zero-order chi connectivity index (χ0) is 15.9. The van der Waals surface area contributed by atoms with Crippen molar-refractivity contribution in [2.24, 2.45) is 0 Å². The Morgan fingerprint density at radius 2 is 2.05 bits per heavy atom. The van der Waals surface area contributed by atoms with Gasteiger partial charge < -0.3 is 10.6 Å². The fourth-order valence-electron chi connectivity index (χ4n) is 1.69. The largest absolute Gasteiger partial charge is 0.354 e. The van der Waals surface area contributed by atoms with E-state index < -0.39 is 5.82 Å². The number of halogens is 2. The number of carbonyl (C=O) groups is 1. The first kappa shape index (κ1) is 16.2. The summed E-state index contributed by atoms with van der Waals surface area (Å²) in [5.41, 5.74) is 0.711. The second-order valence-electron chi connectivity index (χ2n) is 4.66. The lowest BCUT2D eigenvalue weighted by molar-refractivity contribution is 0.102. The molecule has 0 aliphatic rings. The molecule has 7 heteroatoms. The fraction of sp³-hybridized carbons (Fsp3) is 0.267. The average Bonchev–Trinajstić information content (AvgIpc) is 2.52. The van der Waals surface area contributed by atoms with Crippen molar-refractivity contribution in [2.75, 3.05) is 17.2 Å². The summed E-state index contributed by atoms with van der Waals surface area (Å²) in [4.78, 5) is 20.2. The summed E-state index contributed by atoms with van der Waals surface area (Å²) in [6, 6.07) is 3.96. The normalized spacial score (nSPS) is 10.3. The van der Waals surface area contributed by atoms with E-state index in [1.54, 1.807) is 0 Å². The van der Waals surface area contributed by atoms with E-state index in [1.807, 2.05) is 0 Å². The van der Waals surface area contributed by atoms with Gasteiger partial charge in [0.1, 0.15) is 5.82 Å². The molecule has 1 aromatic heterocycles. The molecule has 0 saturated carbocycles.